The van der Waals surface area contributed by atoms with Gasteiger partial charge in [0.25, 0.3) is 0 Å². The Hall–Kier alpha value is -0.630. The first-order valence-corrected chi connectivity index (χ1v) is 6.52. The van der Waals surface area contributed by atoms with Gasteiger partial charge in [0.1, 0.15) is 5.60 Å². The highest BCUT2D eigenvalue weighted by Gasteiger charge is 2.55. The normalized spacial score (nSPS) is 46.0. The van der Waals surface area contributed by atoms with E-state index in [0.717, 1.165) is 25.7 Å². The van der Waals surface area contributed by atoms with Gasteiger partial charge < -0.3 is 14.2 Å². The van der Waals surface area contributed by atoms with Gasteiger partial charge >= 0.3 is 0 Å². The van der Waals surface area contributed by atoms with E-state index in [0.29, 0.717) is 13.2 Å². The van der Waals surface area contributed by atoms with E-state index in [4.69, 9.17) is 19.5 Å². The number of rotatable bonds is 2. The van der Waals surface area contributed by atoms with E-state index in [2.05, 4.69) is 6.07 Å². The van der Waals surface area contributed by atoms with Crippen molar-refractivity contribution in [2.24, 2.45) is 5.92 Å². The van der Waals surface area contributed by atoms with Crippen molar-refractivity contribution in [2.75, 3.05) is 13.2 Å². The first-order valence-electron chi connectivity index (χ1n) is 6.52. The van der Waals surface area contributed by atoms with Gasteiger partial charge in [0.05, 0.1) is 37.6 Å². The number of hydrogen-bond donors (Lipinski definition) is 0. The van der Waals surface area contributed by atoms with Gasteiger partial charge in [-0.25, -0.2) is 0 Å². The third-order valence-corrected chi connectivity index (χ3v) is 4.16. The van der Waals surface area contributed by atoms with Crippen molar-refractivity contribution in [3.8, 4) is 6.07 Å². The van der Waals surface area contributed by atoms with Gasteiger partial charge in [-0.05, 0) is 26.2 Å². The molecule has 3 aliphatic rings. The summed E-state index contributed by atoms with van der Waals surface area (Å²) in [5, 5.41) is 8.87. The first kappa shape index (κ1) is 11.5. The second-order valence-corrected chi connectivity index (χ2v) is 5.61. The van der Waals surface area contributed by atoms with Crippen LogP contribution in [0.15, 0.2) is 0 Å². The van der Waals surface area contributed by atoms with Gasteiger partial charge in [-0.2, -0.15) is 5.26 Å². The van der Waals surface area contributed by atoms with Crippen LogP contribution in [-0.4, -0.2) is 37.1 Å². The number of nitrogens with zero attached hydrogens (tertiary/aromatic N) is 1. The van der Waals surface area contributed by atoms with Crippen LogP contribution in [0, 0.1) is 17.2 Å². The molecule has 3 heterocycles. The molecule has 0 aromatic rings. The van der Waals surface area contributed by atoms with E-state index in [1.54, 1.807) is 0 Å². The Bertz CT molecular complexity index is 340. The largest absolute Gasteiger partial charge is 0.376 e. The Labute approximate surface area is 102 Å². The summed E-state index contributed by atoms with van der Waals surface area (Å²) in [6.07, 6.45) is 4.48. The molecule has 0 N–H and O–H groups in total. The van der Waals surface area contributed by atoms with Crippen LogP contribution in [0.2, 0.25) is 0 Å². The maximum absolute atomic E-state index is 8.87. The zero-order valence-corrected chi connectivity index (χ0v) is 10.2. The maximum Gasteiger partial charge on any atom is 0.120 e. The first-order chi connectivity index (χ1) is 8.22. The molecule has 0 aliphatic carbocycles. The van der Waals surface area contributed by atoms with Gasteiger partial charge in [0.15, 0.2) is 0 Å². The van der Waals surface area contributed by atoms with E-state index in [-0.39, 0.29) is 29.8 Å². The summed E-state index contributed by atoms with van der Waals surface area (Å²) in [6, 6.07) is 2.28. The highest BCUT2D eigenvalue weighted by Crippen LogP contribution is 2.45. The van der Waals surface area contributed by atoms with E-state index in [1.807, 2.05) is 6.92 Å². The summed E-state index contributed by atoms with van der Waals surface area (Å²) in [5.41, 5.74) is -0.207. The quantitative estimate of drug-likeness (QED) is 0.732. The minimum absolute atomic E-state index is 0.0653. The topological polar surface area (TPSA) is 51.5 Å². The van der Waals surface area contributed by atoms with Crippen LogP contribution in [0.1, 0.15) is 32.6 Å². The van der Waals surface area contributed by atoms with Crippen LogP contribution < -0.4 is 0 Å². The van der Waals surface area contributed by atoms with Gasteiger partial charge in [0, 0.05) is 12.3 Å². The molecular formula is C13H19NO3. The molecule has 0 saturated carbocycles. The monoisotopic (exact) mass is 237 g/mol. The van der Waals surface area contributed by atoms with Gasteiger partial charge in [-0.15, -0.1) is 0 Å². The van der Waals surface area contributed by atoms with E-state index < -0.39 is 0 Å². The Morgan fingerprint density at radius 2 is 2.35 bits per heavy atom. The lowest BCUT2D eigenvalue weighted by Gasteiger charge is -2.42. The standard InChI is InChI=1S/C13H19NO3/c1-9(6-14)4-10-2-3-12-13(17-10)5-11(16-12)7-15-8-13/h9-12H,2-5,7-8H2,1H3/t9-,10-,11-,12+,13?/m1/s1. The predicted octanol–water partition coefficient (Wildman–Crippen LogP) is 1.64. The van der Waals surface area contributed by atoms with Crippen molar-refractivity contribution in [1.29, 1.82) is 5.26 Å². The summed E-state index contributed by atoms with van der Waals surface area (Å²) < 4.78 is 17.8. The molecular weight excluding hydrogens is 218 g/mol. The smallest absolute Gasteiger partial charge is 0.120 e. The molecule has 17 heavy (non-hydrogen) atoms. The van der Waals surface area contributed by atoms with Crippen molar-refractivity contribution < 1.29 is 14.2 Å². The fraction of sp³-hybridized carbons (Fsp3) is 0.923. The highest BCUT2D eigenvalue weighted by molar-refractivity contribution is 5.04. The minimum atomic E-state index is -0.207. The molecule has 2 bridgehead atoms. The molecule has 4 heteroatoms. The van der Waals surface area contributed by atoms with Gasteiger partial charge in [0.2, 0.25) is 0 Å². The van der Waals surface area contributed by atoms with Crippen LogP contribution in [-0.2, 0) is 14.2 Å². The molecule has 0 amide bonds. The average Bonchev–Trinajstić information content (AvgIpc) is 2.58. The van der Waals surface area contributed by atoms with Crippen LogP contribution in [0.3, 0.4) is 0 Å². The molecule has 3 rings (SSSR count). The third-order valence-electron chi connectivity index (χ3n) is 4.16. The van der Waals surface area contributed by atoms with Crippen LogP contribution in [0.25, 0.3) is 0 Å². The molecule has 3 aliphatic heterocycles. The predicted molar refractivity (Wildman–Crippen MR) is 60.3 cm³/mol. The number of ether oxygens (including phenoxy) is 3. The molecule has 0 radical (unpaired) electrons. The molecule has 0 aromatic heterocycles. The van der Waals surface area contributed by atoms with E-state index in [9.17, 15) is 0 Å². The zero-order chi connectivity index (χ0) is 11.9. The molecule has 5 atom stereocenters. The van der Waals surface area contributed by atoms with Crippen molar-refractivity contribution in [2.45, 2.75) is 56.5 Å². The van der Waals surface area contributed by atoms with Gasteiger partial charge in [-0.3, -0.25) is 0 Å². The van der Waals surface area contributed by atoms with Gasteiger partial charge in [-0.1, -0.05) is 0 Å². The van der Waals surface area contributed by atoms with E-state index in [1.165, 1.54) is 0 Å². The third kappa shape index (κ3) is 1.97. The molecule has 4 nitrogen and oxygen atoms in total. The molecule has 94 valence electrons. The molecule has 0 aromatic carbocycles. The summed E-state index contributed by atoms with van der Waals surface area (Å²) in [7, 11) is 0. The highest BCUT2D eigenvalue weighted by atomic mass is 16.6. The van der Waals surface area contributed by atoms with Crippen molar-refractivity contribution >= 4 is 0 Å². The second-order valence-electron chi connectivity index (χ2n) is 5.61. The average molecular weight is 237 g/mol. The second kappa shape index (κ2) is 4.24. The summed E-state index contributed by atoms with van der Waals surface area (Å²) in [5.74, 6) is 0.0653. The molecule has 1 spiro atoms. The Morgan fingerprint density at radius 3 is 3.18 bits per heavy atom. The Kier molecular flexibility index (Phi) is 2.86. The molecule has 3 fully saturated rings. The number of fused-ring (bicyclic) bond motifs is 1. The minimum Gasteiger partial charge on any atom is -0.376 e. The number of hydrogen-bond acceptors (Lipinski definition) is 4. The summed E-state index contributed by atoms with van der Waals surface area (Å²) in [4.78, 5) is 0. The molecule has 1 unspecified atom stereocenters. The lowest BCUT2D eigenvalue weighted by Crippen LogP contribution is -2.52. The van der Waals surface area contributed by atoms with Crippen molar-refractivity contribution in [3.63, 3.8) is 0 Å². The Balaban J connectivity index is 1.69. The summed E-state index contributed by atoms with van der Waals surface area (Å²) >= 11 is 0. The molecule has 3 saturated heterocycles. The van der Waals surface area contributed by atoms with Crippen molar-refractivity contribution in [3.05, 3.63) is 0 Å². The zero-order valence-electron chi connectivity index (χ0n) is 10.2. The summed E-state index contributed by atoms with van der Waals surface area (Å²) in [6.45, 7) is 3.32. The van der Waals surface area contributed by atoms with Crippen molar-refractivity contribution in [1.82, 2.24) is 0 Å². The maximum atomic E-state index is 8.87. The lowest BCUT2D eigenvalue weighted by atomic mass is 9.85. The van der Waals surface area contributed by atoms with Crippen LogP contribution in [0.5, 0.6) is 0 Å². The lowest BCUT2D eigenvalue weighted by molar-refractivity contribution is -0.185. The van der Waals surface area contributed by atoms with Crippen LogP contribution in [0.4, 0.5) is 0 Å². The fourth-order valence-corrected chi connectivity index (χ4v) is 3.36. The fourth-order valence-electron chi connectivity index (χ4n) is 3.36. The van der Waals surface area contributed by atoms with Crippen LogP contribution >= 0.6 is 0 Å². The Morgan fingerprint density at radius 1 is 1.47 bits per heavy atom. The number of nitriles is 1. The SMILES string of the molecule is C[C@@H](C#N)C[C@H]1CC[C@@H]2O[C@H]3COCC2(C3)O1. The van der Waals surface area contributed by atoms with E-state index >= 15 is 0 Å².